The number of thiazole rings is 1. The van der Waals surface area contributed by atoms with Gasteiger partial charge in [-0.25, -0.2) is 14.6 Å². The van der Waals surface area contributed by atoms with Crippen LogP contribution in [0.5, 0.6) is 0 Å². The second kappa shape index (κ2) is 8.23. The van der Waals surface area contributed by atoms with E-state index in [1.807, 2.05) is 56.4 Å². The average Bonchev–Trinajstić information content (AvgIpc) is 3.35. The smallest absolute Gasteiger partial charge is 0.295 e. The Balaban J connectivity index is 1.36. The number of amides is 1. The highest BCUT2D eigenvalue weighted by Crippen LogP contribution is 2.30. The molecule has 1 amide bonds. The predicted molar refractivity (Wildman–Crippen MR) is 127 cm³/mol. The lowest BCUT2D eigenvalue weighted by atomic mass is 9.97. The molecular formula is C23H24N6O2S. The Bertz CT molecular complexity index is 1310. The second-order valence-corrected chi connectivity index (χ2v) is 8.99. The average molecular weight is 449 g/mol. The first-order chi connectivity index (χ1) is 15.5. The summed E-state index contributed by atoms with van der Waals surface area (Å²) in [4.78, 5) is 38.4. The molecule has 5 rings (SSSR count). The van der Waals surface area contributed by atoms with Gasteiger partial charge in [-0.3, -0.25) is 14.3 Å². The van der Waals surface area contributed by atoms with Crippen molar-refractivity contribution >= 4 is 38.4 Å². The first-order valence-electron chi connectivity index (χ1n) is 10.6. The zero-order valence-corrected chi connectivity index (χ0v) is 18.8. The van der Waals surface area contributed by atoms with E-state index in [0.717, 1.165) is 46.2 Å². The minimum absolute atomic E-state index is 0.125. The molecule has 0 spiro atoms. The molecule has 1 N–H and O–H groups in total. The molecule has 0 radical (unpaired) electrons. The summed E-state index contributed by atoms with van der Waals surface area (Å²) in [5.74, 6) is -0.340. The highest BCUT2D eigenvalue weighted by molar-refractivity contribution is 7.21. The van der Waals surface area contributed by atoms with Crippen LogP contribution in [0, 0.1) is 12.8 Å². The predicted octanol–water partition coefficient (Wildman–Crippen LogP) is 3.34. The molecule has 0 saturated carbocycles. The molecular weight excluding hydrogens is 424 g/mol. The van der Waals surface area contributed by atoms with Gasteiger partial charge in [0.15, 0.2) is 5.13 Å². The number of hydrogen-bond donors (Lipinski definition) is 1. The maximum Gasteiger partial charge on any atom is 0.295 e. The van der Waals surface area contributed by atoms with Crippen molar-refractivity contribution in [3.63, 3.8) is 0 Å². The third-order valence-electron chi connectivity index (χ3n) is 6.02. The topological polar surface area (TPSA) is 85.1 Å². The summed E-state index contributed by atoms with van der Waals surface area (Å²) in [7, 11) is 1.82. The Morgan fingerprint density at radius 2 is 2.00 bits per heavy atom. The Labute approximate surface area is 189 Å². The lowest BCUT2D eigenvalue weighted by Crippen LogP contribution is -2.41. The number of hydrogen-bond acceptors (Lipinski definition) is 6. The van der Waals surface area contributed by atoms with E-state index in [4.69, 9.17) is 0 Å². The first kappa shape index (κ1) is 20.4. The summed E-state index contributed by atoms with van der Waals surface area (Å²) < 4.78 is 3.35. The van der Waals surface area contributed by atoms with Gasteiger partial charge >= 0.3 is 0 Å². The summed E-state index contributed by atoms with van der Waals surface area (Å²) in [6.45, 7) is 3.27. The van der Waals surface area contributed by atoms with Crippen LogP contribution in [-0.2, 0) is 11.8 Å². The molecule has 32 heavy (non-hydrogen) atoms. The monoisotopic (exact) mass is 448 g/mol. The summed E-state index contributed by atoms with van der Waals surface area (Å²) >= 11 is 1.54. The third-order valence-corrected chi connectivity index (χ3v) is 7.06. The van der Waals surface area contributed by atoms with Crippen molar-refractivity contribution in [1.82, 2.24) is 19.3 Å². The van der Waals surface area contributed by atoms with Crippen molar-refractivity contribution in [3.8, 4) is 5.69 Å². The van der Waals surface area contributed by atoms with Crippen LogP contribution in [0.15, 0.2) is 53.5 Å². The van der Waals surface area contributed by atoms with E-state index < -0.39 is 0 Å². The molecule has 8 nitrogen and oxygen atoms in total. The number of benzene rings is 1. The number of fused-ring (bicyclic) bond motifs is 1. The van der Waals surface area contributed by atoms with Gasteiger partial charge in [0, 0.05) is 26.3 Å². The third kappa shape index (κ3) is 3.58. The van der Waals surface area contributed by atoms with Gasteiger partial charge in [-0.05, 0) is 44.0 Å². The molecule has 1 saturated heterocycles. The van der Waals surface area contributed by atoms with Crippen molar-refractivity contribution in [2.45, 2.75) is 19.8 Å². The van der Waals surface area contributed by atoms with Gasteiger partial charge in [0.1, 0.15) is 16.0 Å². The molecule has 164 valence electrons. The number of nitrogens with zero attached hydrogens (tertiary/aromatic N) is 5. The molecule has 1 aliphatic heterocycles. The van der Waals surface area contributed by atoms with Crippen LogP contribution >= 0.6 is 11.3 Å². The first-order valence-corrected chi connectivity index (χ1v) is 11.5. The highest BCUT2D eigenvalue weighted by atomic mass is 32.1. The van der Waals surface area contributed by atoms with Crippen molar-refractivity contribution in [2.75, 3.05) is 23.3 Å². The van der Waals surface area contributed by atoms with Gasteiger partial charge in [-0.15, -0.1) is 0 Å². The Hall–Kier alpha value is -3.46. The van der Waals surface area contributed by atoms with E-state index in [-0.39, 0.29) is 17.4 Å². The van der Waals surface area contributed by atoms with Crippen LogP contribution in [-0.4, -0.2) is 38.3 Å². The summed E-state index contributed by atoms with van der Waals surface area (Å²) in [5, 5.41) is 3.82. The van der Waals surface area contributed by atoms with E-state index in [2.05, 4.69) is 20.2 Å². The number of carbonyl (C=O) groups is 1. The number of aromatic nitrogens is 4. The van der Waals surface area contributed by atoms with E-state index >= 15 is 0 Å². The minimum atomic E-state index is -0.227. The van der Waals surface area contributed by atoms with Crippen LogP contribution in [0.4, 0.5) is 10.8 Å². The van der Waals surface area contributed by atoms with Crippen molar-refractivity contribution in [3.05, 3.63) is 64.7 Å². The zero-order valence-electron chi connectivity index (χ0n) is 18.0. The molecule has 4 aromatic rings. The number of piperidine rings is 1. The molecule has 0 aliphatic carbocycles. The molecule has 4 heterocycles. The lowest BCUT2D eigenvalue weighted by Gasteiger charge is -2.31. The molecule has 3 aromatic heterocycles. The van der Waals surface area contributed by atoms with E-state index in [9.17, 15) is 9.59 Å². The number of para-hydroxylation sites is 1. The summed E-state index contributed by atoms with van der Waals surface area (Å²) in [6.07, 6.45) is 3.44. The van der Waals surface area contributed by atoms with Gasteiger partial charge in [-0.1, -0.05) is 29.5 Å². The van der Waals surface area contributed by atoms with Gasteiger partial charge in [0.05, 0.1) is 17.3 Å². The van der Waals surface area contributed by atoms with E-state index in [0.29, 0.717) is 12.2 Å². The van der Waals surface area contributed by atoms with Gasteiger partial charge in [-0.2, -0.15) is 0 Å². The number of carbonyl (C=O) groups excluding carboxylic acids is 1. The molecule has 1 fully saturated rings. The number of anilines is 2. The number of nitrogens with one attached hydrogen (secondary N) is 1. The number of rotatable bonds is 4. The molecule has 1 aliphatic rings. The fourth-order valence-electron chi connectivity index (χ4n) is 4.20. The number of pyridine rings is 1. The fourth-order valence-corrected chi connectivity index (χ4v) is 5.14. The van der Waals surface area contributed by atoms with E-state index in [1.54, 1.807) is 26.9 Å². The summed E-state index contributed by atoms with van der Waals surface area (Å²) in [6, 6.07) is 13.3. The lowest BCUT2D eigenvalue weighted by molar-refractivity contribution is -0.120. The van der Waals surface area contributed by atoms with Crippen LogP contribution < -0.4 is 15.8 Å². The molecule has 1 aromatic carbocycles. The van der Waals surface area contributed by atoms with Crippen LogP contribution in [0.25, 0.3) is 16.0 Å². The Morgan fingerprint density at radius 1 is 1.19 bits per heavy atom. The molecule has 1 unspecified atom stereocenters. The van der Waals surface area contributed by atoms with Crippen LogP contribution in [0.2, 0.25) is 0 Å². The Kier molecular flexibility index (Phi) is 5.26. The Morgan fingerprint density at radius 3 is 2.78 bits per heavy atom. The van der Waals surface area contributed by atoms with Gasteiger partial charge < -0.3 is 10.2 Å². The molecule has 9 heteroatoms. The van der Waals surface area contributed by atoms with Crippen molar-refractivity contribution in [2.24, 2.45) is 13.0 Å². The minimum Gasteiger partial charge on any atom is -0.347 e. The maximum atomic E-state index is 13.2. The fraction of sp³-hybridized carbons (Fsp3) is 0.304. The normalized spacial score (nSPS) is 16.4. The standard InChI is InChI=1S/C23H24N6O2S/c1-15-19(22(31)29(27(15)2)17-9-4-3-5-10-17)26-20(30)16-8-7-13-28(14-16)23-25-18-11-6-12-24-21(18)32-23/h3-6,9-12,16H,7-8,13-14H2,1-2H3,(H,26,30). The molecule has 0 bridgehead atoms. The van der Waals surface area contributed by atoms with Gasteiger partial charge in [0.25, 0.3) is 5.56 Å². The maximum absolute atomic E-state index is 13.2. The van der Waals surface area contributed by atoms with Gasteiger partial charge in [0.2, 0.25) is 5.91 Å². The van der Waals surface area contributed by atoms with E-state index in [1.165, 1.54) is 0 Å². The summed E-state index contributed by atoms with van der Waals surface area (Å²) in [5.41, 5.74) is 2.46. The van der Waals surface area contributed by atoms with Crippen molar-refractivity contribution in [1.29, 1.82) is 0 Å². The quantitative estimate of drug-likeness (QED) is 0.518. The van der Waals surface area contributed by atoms with Crippen LogP contribution in [0.1, 0.15) is 18.5 Å². The van der Waals surface area contributed by atoms with Crippen molar-refractivity contribution < 1.29 is 4.79 Å². The second-order valence-electron chi connectivity index (χ2n) is 8.04. The molecule has 1 atom stereocenters. The largest absolute Gasteiger partial charge is 0.347 e. The highest BCUT2D eigenvalue weighted by Gasteiger charge is 2.29. The zero-order chi connectivity index (χ0) is 22.2. The van der Waals surface area contributed by atoms with Crippen LogP contribution in [0.3, 0.4) is 0 Å². The SMILES string of the molecule is Cc1c(NC(=O)C2CCCN(c3nc4cccnc4s3)C2)c(=O)n(-c2ccccc2)n1C.